The van der Waals surface area contributed by atoms with Crippen molar-refractivity contribution >= 4 is 49.1 Å². The van der Waals surface area contributed by atoms with Gasteiger partial charge in [-0.05, 0) is 60.9 Å². The first-order chi connectivity index (χ1) is 16.3. The van der Waals surface area contributed by atoms with Crippen LogP contribution >= 0.6 is 27.5 Å². The van der Waals surface area contributed by atoms with E-state index >= 15 is 0 Å². The van der Waals surface area contributed by atoms with Gasteiger partial charge in [-0.2, -0.15) is 0 Å². The van der Waals surface area contributed by atoms with Gasteiger partial charge in [0.25, 0.3) is 0 Å². The van der Waals surface area contributed by atoms with Gasteiger partial charge in [-0.15, -0.1) is 0 Å². The first kappa shape index (κ1) is 24.7. The monoisotopic (exact) mass is 562 g/mol. The summed E-state index contributed by atoms with van der Waals surface area (Å²) in [5.41, 5.74) is 1.21. The number of anilines is 1. The number of piperidine rings is 1. The number of nitrogens with zero attached hydrogens (tertiary/aromatic N) is 1. The van der Waals surface area contributed by atoms with E-state index in [4.69, 9.17) is 16.3 Å². The summed E-state index contributed by atoms with van der Waals surface area (Å²) in [7, 11) is -3.46. The van der Waals surface area contributed by atoms with Gasteiger partial charge in [0, 0.05) is 28.5 Å². The van der Waals surface area contributed by atoms with Crippen LogP contribution in [0.1, 0.15) is 18.4 Å². The van der Waals surface area contributed by atoms with E-state index in [1.807, 2.05) is 42.5 Å². The van der Waals surface area contributed by atoms with Crippen LogP contribution in [0.2, 0.25) is 5.02 Å². The van der Waals surface area contributed by atoms with Crippen molar-refractivity contribution in [2.45, 2.75) is 18.6 Å². The summed E-state index contributed by atoms with van der Waals surface area (Å²) in [4.78, 5) is 13.0. The molecule has 9 heteroatoms. The lowest BCUT2D eigenvalue weighted by atomic mass is 9.97. The number of hydrogen-bond donors (Lipinski definition) is 1. The predicted molar refractivity (Wildman–Crippen MR) is 138 cm³/mol. The van der Waals surface area contributed by atoms with Gasteiger partial charge in [0.05, 0.1) is 11.4 Å². The van der Waals surface area contributed by atoms with Crippen molar-refractivity contribution in [3.8, 4) is 11.5 Å². The number of sulfonamides is 1. The first-order valence-electron chi connectivity index (χ1n) is 10.9. The smallest absolute Gasteiger partial charge is 0.227 e. The molecule has 4 rings (SSSR count). The molecule has 1 heterocycles. The summed E-state index contributed by atoms with van der Waals surface area (Å²) in [6.07, 6.45) is 0.891. The number of nitrogens with one attached hydrogen (secondary N) is 1. The summed E-state index contributed by atoms with van der Waals surface area (Å²) in [5.74, 6) is 0.593. The molecule has 0 saturated carbocycles. The van der Waals surface area contributed by atoms with Crippen molar-refractivity contribution < 1.29 is 17.9 Å². The number of rotatable bonds is 7. The maximum atomic E-state index is 13.0. The number of carbonyl (C=O) groups is 1. The minimum atomic E-state index is -3.46. The lowest BCUT2D eigenvalue weighted by Gasteiger charge is -2.30. The zero-order valence-corrected chi connectivity index (χ0v) is 21.4. The van der Waals surface area contributed by atoms with E-state index in [-0.39, 0.29) is 17.6 Å². The van der Waals surface area contributed by atoms with Crippen LogP contribution in [-0.4, -0.2) is 31.7 Å². The lowest BCUT2D eigenvalue weighted by Crippen LogP contribution is -2.41. The van der Waals surface area contributed by atoms with Crippen molar-refractivity contribution in [3.05, 3.63) is 87.9 Å². The van der Waals surface area contributed by atoms with E-state index < -0.39 is 10.0 Å². The Labute approximate surface area is 213 Å². The molecule has 0 unspecified atom stereocenters. The van der Waals surface area contributed by atoms with Gasteiger partial charge in [0.15, 0.2) is 5.75 Å². The van der Waals surface area contributed by atoms with Crippen LogP contribution in [0.4, 0.5) is 5.69 Å². The maximum absolute atomic E-state index is 13.0. The summed E-state index contributed by atoms with van der Waals surface area (Å²) in [6.45, 7) is 0.611. The van der Waals surface area contributed by atoms with Gasteiger partial charge in [-0.3, -0.25) is 4.79 Å². The fourth-order valence-electron chi connectivity index (χ4n) is 3.82. The van der Waals surface area contributed by atoms with Gasteiger partial charge in [-0.1, -0.05) is 57.9 Å². The van der Waals surface area contributed by atoms with E-state index in [0.717, 1.165) is 10.0 Å². The molecular weight excluding hydrogens is 540 g/mol. The molecule has 1 fully saturated rings. The van der Waals surface area contributed by atoms with E-state index in [1.165, 1.54) is 4.31 Å². The average molecular weight is 564 g/mol. The molecule has 0 atom stereocenters. The van der Waals surface area contributed by atoms with Crippen LogP contribution in [0.3, 0.4) is 0 Å². The Morgan fingerprint density at radius 1 is 1.03 bits per heavy atom. The molecule has 1 aliphatic rings. The molecule has 34 heavy (non-hydrogen) atoms. The summed E-state index contributed by atoms with van der Waals surface area (Å²) < 4.78 is 34.0. The minimum Gasteiger partial charge on any atom is -0.455 e. The molecule has 6 nitrogen and oxygen atoms in total. The highest BCUT2D eigenvalue weighted by Crippen LogP contribution is 2.33. The Morgan fingerprint density at radius 3 is 2.38 bits per heavy atom. The third-order valence-electron chi connectivity index (χ3n) is 5.65. The van der Waals surface area contributed by atoms with Crippen LogP contribution in [-0.2, 0) is 20.6 Å². The molecule has 1 saturated heterocycles. The number of para-hydroxylation sites is 1. The van der Waals surface area contributed by atoms with E-state index in [9.17, 15) is 13.2 Å². The van der Waals surface area contributed by atoms with Gasteiger partial charge >= 0.3 is 0 Å². The third kappa shape index (κ3) is 6.39. The van der Waals surface area contributed by atoms with Crippen molar-refractivity contribution in [2.24, 2.45) is 5.92 Å². The average Bonchev–Trinajstić information content (AvgIpc) is 2.83. The summed E-state index contributed by atoms with van der Waals surface area (Å²) in [5, 5.41) is 3.40. The Balaban J connectivity index is 1.37. The molecule has 0 aliphatic carbocycles. The standard InChI is InChI=1S/C25H24BrClN2O4S/c26-20-8-6-18(7-9-20)17-34(31,32)29-14-12-19(13-15-29)25(30)28-23-16-21(27)10-11-24(23)33-22-4-2-1-3-5-22/h1-11,16,19H,12-15,17H2,(H,28,30). The Morgan fingerprint density at radius 2 is 1.71 bits per heavy atom. The molecule has 178 valence electrons. The number of halogens is 2. The largest absolute Gasteiger partial charge is 0.455 e. The SMILES string of the molecule is O=C(Nc1cc(Cl)ccc1Oc1ccccc1)C1CCN(S(=O)(=O)Cc2ccc(Br)cc2)CC1. The fraction of sp³-hybridized carbons (Fsp3) is 0.240. The second-order valence-electron chi connectivity index (χ2n) is 8.10. The summed E-state index contributed by atoms with van der Waals surface area (Å²) >= 11 is 9.51. The molecular formula is C25H24BrClN2O4S. The van der Waals surface area contributed by atoms with Crippen LogP contribution < -0.4 is 10.1 Å². The number of ether oxygens (including phenoxy) is 1. The van der Waals surface area contributed by atoms with Gasteiger partial charge in [-0.25, -0.2) is 12.7 Å². The van der Waals surface area contributed by atoms with Crippen molar-refractivity contribution in [1.29, 1.82) is 0 Å². The number of amides is 1. The number of hydrogen-bond acceptors (Lipinski definition) is 4. The predicted octanol–water partition coefficient (Wildman–Crippen LogP) is 6.08. The Bertz CT molecular complexity index is 1250. The maximum Gasteiger partial charge on any atom is 0.227 e. The van der Waals surface area contributed by atoms with Crippen LogP contribution in [0.25, 0.3) is 0 Å². The first-order valence-corrected chi connectivity index (χ1v) is 13.6. The van der Waals surface area contributed by atoms with E-state index in [2.05, 4.69) is 21.2 Å². The Hall–Kier alpha value is -2.39. The quantitative estimate of drug-likeness (QED) is 0.378. The van der Waals surface area contributed by atoms with Crippen LogP contribution in [0, 0.1) is 5.92 Å². The second-order valence-corrected chi connectivity index (χ2v) is 11.4. The van der Waals surface area contributed by atoms with Crippen molar-refractivity contribution in [2.75, 3.05) is 18.4 Å². The zero-order valence-electron chi connectivity index (χ0n) is 18.3. The molecule has 0 bridgehead atoms. The van der Waals surface area contributed by atoms with Crippen LogP contribution in [0.5, 0.6) is 11.5 Å². The van der Waals surface area contributed by atoms with Crippen LogP contribution in [0.15, 0.2) is 77.3 Å². The van der Waals surface area contributed by atoms with E-state index in [1.54, 1.807) is 30.3 Å². The fourth-order valence-corrected chi connectivity index (χ4v) is 5.82. The Kier molecular flexibility index (Phi) is 7.93. The number of carbonyl (C=O) groups excluding carboxylic acids is 1. The molecule has 0 radical (unpaired) electrons. The van der Waals surface area contributed by atoms with Gasteiger partial charge < -0.3 is 10.1 Å². The third-order valence-corrected chi connectivity index (χ3v) is 8.26. The second kappa shape index (κ2) is 10.9. The molecule has 1 amide bonds. The number of benzene rings is 3. The topological polar surface area (TPSA) is 75.7 Å². The molecule has 0 aromatic heterocycles. The normalized spacial score (nSPS) is 15.1. The molecule has 1 aliphatic heterocycles. The van der Waals surface area contributed by atoms with Gasteiger partial charge in [0.2, 0.25) is 15.9 Å². The highest BCUT2D eigenvalue weighted by atomic mass is 79.9. The molecule has 1 N–H and O–H groups in total. The minimum absolute atomic E-state index is 0.0557. The van der Waals surface area contributed by atoms with Gasteiger partial charge in [0.1, 0.15) is 5.75 Å². The lowest BCUT2D eigenvalue weighted by molar-refractivity contribution is -0.120. The highest BCUT2D eigenvalue weighted by molar-refractivity contribution is 9.10. The van der Waals surface area contributed by atoms with Crippen molar-refractivity contribution in [3.63, 3.8) is 0 Å². The zero-order chi connectivity index (χ0) is 24.1. The molecule has 3 aromatic carbocycles. The summed E-state index contributed by atoms with van der Waals surface area (Å²) in [6, 6.07) is 21.6. The van der Waals surface area contributed by atoms with E-state index in [0.29, 0.717) is 48.1 Å². The molecule has 3 aromatic rings. The molecule has 0 spiro atoms. The highest BCUT2D eigenvalue weighted by Gasteiger charge is 2.31. The van der Waals surface area contributed by atoms with Crippen molar-refractivity contribution in [1.82, 2.24) is 4.31 Å².